The number of carbonyl (C=O) groups is 2. The number of nitriles is 1. The summed E-state index contributed by atoms with van der Waals surface area (Å²) >= 11 is 0. The minimum absolute atomic E-state index is 0.146. The number of carbonyl (C=O) groups excluding carboxylic acids is 2. The monoisotopic (exact) mass is 298 g/mol. The normalized spacial score (nSPS) is 21.9. The van der Waals surface area contributed by atoms with E-state index in [0.29, 0.717) is 12.4 Å². The van der Waals surface area contributed by atoms with Crippen molar-refractivity contribution in [3.63, 3.8) is 0 Å². The van der Waals surface area contributed by atoms with Crippen molar-refractivity contribution in [2.75, 3.05) is 4.90 Å². The number of amides is 1. The first-order chi connectivity index (χ1) is 9.79. The van der Waals surface area contributed by atoms with Crippen LogP contribution in [0.4, 0.5) is 23.7 Å². The topological polar surface area (TPSA) is 70.4 Å². The summed E-state index contributed by atoms with van der Waals surface area (Å²) in [5, 5.41) is 8.72. The summed E-state index contributed by atoms with van der Waals surface area (Å²) in [5.41, 5.74) is -1.87. The standard InChI is InChI=1S/C13H9F3N2O3/c1-7-11(6-19)18(12(20)21-7)9-3-2-8(5-17)10(4-9)13(14,15)16/h2-4,6-7,11H,1H3. The molecule has 0 spiro atoms. The van der Waals surface area contributed by atoms with Gasteiger partial charge in [0.2, 0.25) is 0 Å². The van der Waals surface area contributed by atoms with E-state index in [-0.39, 0.29) is 5.69 Å². The molecule has 110 valence electrons. The minimum atomic E-state index is -4.74. The highest BCUT2D eigenvalue weighted by Gasteiger charge is 2.41. The molecule has 1 heterocycles. The second-order valence-corrected chi connectivity index (χ2v) is 4.43. The lowest BCUT2D eigenvalue weighted by Crippen LogP contribution is -2.37. The maximum atomic E-state index is 12.9. The van der Waals surface area contributed by atoms with Gasteiger partial charge in [0.05, 0.1) is 17.2 Å². The van der Waals surface area contributed by atoms with Gasteiger partial charge in [0.25, 0.3) is 0 Å². The Morgan fingerprint density at radius 3 is 2.62 bits per heavy atom. The molecular formula is C13H9F3N2O3. The fourth-order valence-corrected chi connectivity index (χ4v) is 2.08. The van der Waals surface area contributed by atoms with Crippen LogP contribution in [0.2, 0.25) is 0 Å². The van der Waals surface area contributed by atoms with Gasteiger partial charge in [0.1, 0.15) is 18.4 Å². The van der Waals surface area contributed by atoms with Gasteiger partial charge in [-0.3, -0.25) is 4.90 Å². The van der Waals surface area contributed by atoms with Gasteiger partial charge in [0, 0.05) is 5.69 Å². The predicted octanol–water partition coefficient (Wildman–Crippen LogP) is 2.49. The molecule has 2 unspecified atom stereocenters. The van der Waals surface area contributed by atoms with Crippen molar-refractivity contribution in [2.24, 2.45) is 0 Å². The Balaban J connectivity index is 2.53. The quantitative estimate of drug-likeness (QED) is 0.786. The van der Waals surface area contributed by atoms with Gasteiger partial charge >= 0.3 is 12.3 Å². The highest BCUT2D eigenvalue weighted by atomic mass is 19.4. The van der Waals surface area contributed by atoms with Crippen molar-refractivity contribution in [3.05, 3.63) is 29.3 Å². The number of benzene rings is 1. The molecule has 1 aliphatic heterocycles. The Morgan fingerprint density at radius 2 is 2.10 bits per heavy atom. The van der Waals surface area contributed by atoms with Gasteiger partial charge in [-0.25, -0.2) is 4.79 Å². The Kier molecular flexibility index (Phi) is 3.60. The van der Waals surface area contributed by atoms with Crippen LogP contribution in [0.25, 0.3) is 0 Å². The highest BCUT2D eigenvalue weighted by molar-refractivity contribution is 5.95. The number of nitrogens with zero attached hydrogens (tertiary/aromatic N) is 2. The summed E-state index contributed by atoms with van der Waals surface area (Å²) in [6.45, 7) is 1.46. The molecule has 5 nitrogen and oxygen atoms in total. The number of ether oxygens (including phenoxy) is 1. The average molecular weight is 298 g/mol. The van der Waals surface area contributed by atoms with Gasteiger partial charge in [0.15, 0.2) is 0 Å². The lowest BCUT2D eigenvalue weighted by molar-refractivity contribution is -0.137. The van der Waals surface area contributed by atoms with E-state index in [9.17, 15) is 22.8 Å². The summed E-state index contributed by atoms with van der Waals surface area (Å²) < 4.78 is 43.5. The number of halogens is 3. The van der Waals surface area contributed by atoms with E-state index < -0.39 is 35.5 Å². The molecule has 8 heteroatoms. The molecule has 0 aliphatic carbocycles. The van der Waals surface area contributed by atoms with Crippen LogP contribution >= 0.6 is 0 Å². The van der Waals surface area contributed by atoms with Gasteiger partial charge in [-0.05, 0) is 25.1 Å². The van der Waals surface area contributed by atoms with Crippen molar-refractivity contribution in [1.29, 1.82) is 5.26 Å². The molecule has 2 rings (SSSR count). The van der Waals surface area contributed by atoms with E-state index in [1.807, 2.05) is 0 Å². The van der Waals surface area contributed by atoms with Crippen LogP contribution in [0.15, 0.2) is 18.2 Å². The Hall–Kier alpha value is -2.56. The van der Waals surface area contributed by atoms with E-state index in [2.05, 4.69) is 0 Å². The number of anilines is 1. The van der Waals surface area contributed by atoms with Crippen molar-refractivity contribution in [2.45, 2.75) is 25.2 Å². The zero-order valence-electron chi connectivity index (χ0n) is 10.7. The first kappa shape index (κ1) is 14.8. The first-order valence-electron chi connectivity index (χ1n) is 5.86. The second-order valence-electron chi connectivity index (χ2n) is 4.43. The van der Waals surface area contributed by atoms with Crippen molar-refractivity contribution in [3.8, 4) is 6.07 Å². The molecule has 0 aromatic heterocycles. The van der Waals surface area contributed by atoms with Gasteiger partial charge in [-0.1, -0.05) is 0 Å². The van der Waals surface area contributed by atoms with Crippen LogP contribution in [-0.4, -0.2) is 24.5 Å². The van der Waals surface area contributed by atoms with E-state index in [1.54, 1.807) is 0 Å². The molecule has 0 N–H and O–H groups in total. The summed E-state index contributed by atoms with van der Waals surface area (Å²) in [6.07, 6.45) is -5.98. The maximum Gasteiger partial charge on any atom is 0.417 e. The van der Waals surface area contributed by atoms with Crippen LogP contribution in [0.5, 0.6) is 0 Å². The fraction of sp³-hybridized carbons (Fsp3) is 0.308. The number of aldehydes is 1. The van der Waals surface area contributed by atoms with Crippen molar-refractivity contribution >= 4 is 18.1 Å². The SMILES string of the molecule is CC1OC(=O)N(c2ccc(C#N)c(C(F)(F)F)c2)C1C=O. The molecule has 1 aromatic rings. The van der Waals surface area contributed by atoms with E-state index >= 15 is 0 Å². The summed E-state index contributed by atoms with van der Waals surface area (Å²) in [7, 11) is 0. The van der Waals surface area contributed by atoms with Gasteiger partial charge in [-0.15, -0.1) is 0 Å². The highest BCUT2D eigenvalue weighted by Crippen LogP contribution is 2.36. The molecule has 0 bridgehead atoms. The number of hydrogen-bond acceptors (Lipinski definition) is 4. The molecular weight excluding hydrogens is 289 g/mol. The molecule has 1 aromatic carbocycles. The third-order valence-electron chi connectivity index (χ3n) is 3.11. The molecule has 21 heavy (non-hydrogen) atoms. The van der Waals surface area contributed by atoms with Crippen LogP contribution in [-0.2, 0) is 15.7 Å². The number of cyclic esters (lactones) is 1. The molecule has 1 saturated heterocycles. The summed E-state index contributed by atoms with van der Waals surface area (Å²) in [6, 6.07) is 3.22. The van der Waals surface area contributed by atoms with E-state index in [1.165, 1.54) is 19.1 Å². The number of rotatable bonds is 2. The molecule has 1 amide bonds. The first-order valence-corrected chi connectivity index (χ1v) is 5.86. The van der Waals surface area contributed by atoms with Gasteiger partial charge < -0.3 is 9.53 Å². The van der Waals surface area contributed by atoms with Crippen molar-refractivity contribution in [1.82, 2.24) is 0 Å². The molecule has 0 saturated carbocycles. The number of hydrogen-bond donors (Lipinski definition) is 0. The number of alkyl halides is 3. The lowest BCUT2D eigenvalue weighted by Gasteiger charge is -2.20. The van der Waals surface area contributed by atoms with Crippen LogP contribution in [0.1, 0.15) is 18.1 Å². The Morgan fingerprint density at radius 1 is 1.43 bits per heavy atom. The molecule has 0 radical (unpaired) electrons. The van der Waals surface area contributed by atoms with Crippen LogP contribution in [0, 0.1) is 11.3 Å². The zero-order valence-corrected chi connectivity index (χ0v) is 10.7. The predicted molar refractivity (Wildman–Crippen MR) is 64.4 cm³/mol. The largest absolute Gasteiger partial charge is 0.443 e. The third-order valence-corrected chi connectivity index (χ3v) is 3.11. The maximum absolute atomic E-state index is 12.9. The Bertz CT molecular complexity index is 637. The smallest absolute Gasteiger partial charge is 0.417 e. The zero-order chi connectivity index (χ0) is 15.8. The molecule has 1 fully saturated rings. The Labute approximate surface area is 117 Å². The molecule has 1 aliphatic rings. The minimum Gasteiger partial charge on any atom is -0.443 e. The summed E-state index contributed by atoms with van der Waals surface area (Å²) in [5.74, 6) is 0. The summed E-state index contributed by atoms with van der Waals surface area (Å²) in [4.78, 5) is 23.5. The van der Waals surface area contributed by atoms with Crippen LogP contribution < -0.4 is 4.90 Å². The van der Waals surface area contributed by atoms with E-state index in [0.717, 1.165) is 11.0 Å². The average Bonchev–Trinajstić information content (AvgIpc) is 2.71. The third kappa shape index (κ3) is 2.54. The lowest BCUT2D eigenvalue weighted by atomic mass is 10.1. The van der Waals surface area contributed by atoms with Crippen molar-refractivity contribution < 1.29 is 27.5 Å². The van der Waals surface area contributed by atoms with E-state index in [4.69, 9.17) is 10.00 Å². The van der Waals surface area contributed by atoms with Gasteiger partial charge in [-0.2, -0.15) is 18.4 Å². The fourth-order valence-electron chi connectivity index (χ4n) is 2.08. The van der Waals surface area contributed by atoms with Crippen LogP contribution in [0.3, 0.4) is 0 Å². The molecule has 2 atom stereocenters. The second kappa shape index (κ2) is 5.09.